The predicted molar refractivity (Wildman–Crippen MR) is 139 cm³/mol. The van der Waals surface area contributed by atoms with Crippen LogP contribution in [0.2, 0.25) is 0 Å². The molecule has 13 heteroatoms. The van der Waals surface area contributed by atoms with E-state index in [4.69, 9.17) is 18.5 Å². The normalized spacial score (nSPS) is 20.7. The van der Waals surface area contributed by atoms with Gasteiger partial charge in [0.1, 0.15) is 6.33 Å². The van der Waals surface area contributed by atoms with Gasteiger partial charge in [0.2, 0.25) is 0 Å². The maximum Gasteiger partial charge on any atom is 0.353 e. The van der Waals surface area contributed by atoms with E-state index in [9.17, 15) is 14.2 Å². The molecule has 0 radical (unpaired) electrons. The van der Waals surface area contributed by atoms with Crippen molar-refractivity contribution >= 4 is 36.1 Å². The molecule has 1 unspecified atom stereocenters. The molecule has 0 saturated carbocycles. The summed E-state index contributed by atoms with van der Waals surface area (Å²) in [6.07, 6.45) is 0.980. The van der Waals surface area contributed by atoms with Crippen molar-refractivity contribution in [3.63, 3.8) is 0 Å². The van der Waals surface area contributed by atoms with Crippen LogP contribution in [0, 0.1) is 0 Å². The van der Waals surface area contributed by atoms with Crippen molar-refractivity contribution in [3.8, 4) is 0 Å². The number of carbonyl (C=O) groups excluding carboxylic acids is 1. The molecular weight excluding hydrogens is 513 g/mol. The Morgan fingerprint density at radius 2 is 1.92 bits per heavy atom. The number of rotatable bonds is 9. The van der Waals surface area contributed by atoms with Crippen molar-refractivity contribution in [1.82, 2.24) is 15.0 Å². The van der Waals surface area contributed by atoms with Crippen molar-refractivity contribution in [2.45, 2.75) is 38.7 Å². The van der Waals surface area contributed by atoms with Gasteiger partial charge in [0.25, 0.3) is 5.56 Å². The molecule has 2 aliphatic rings. The van der Waals surface area contributed by atoms with Crippen molar-refractivity contribution < 1.29 is 27.9 Å². The Balaban J connectivity index is 1.46. The molecule has 0 spiro atoms. The van der Waals surface area contributed by atoms with Gasteiger partial charge in [0, 0.05) is 18.3 Å². The molecule has 2 aliphatic heterocycles. The smallest absolute Gasteiger partial charge is 0.353 e. The number of hydrogen-bond acceptors (Lipinski definition) is 12. The lowest BCUT2D eigenvalue weighted by atomic mass is 10.1. The molecule has 1 saturated heterocycles. The maximum absolute atomic E-state index is 13.0. The zero-order valence-electron chi connectivity index (χ0n) is 20.7. The minimum Gasteiger partial charge on any atom is -0.454 e. The second-order valence-corrected chi connectivity index (χ2v) is 10.3. The molecule has 1 N–H and O–H groups in total. The predicted octanol–water partition coefficient (Wildman–Crippen LogP) is 3.65. The van der Waals surface area contributed by atoms with Crippen LogP contribution >= 0.6 is 7.60 Å². The SMILES string of the molecule is CCOP(=O)(/C=C/[C@@H]1CC(OC(=O)c2ccccc2)[C@H](N2Nc3ccc(=O)nc4ncnc2c34)O1)OCC. The van der Waals surface area contributed by atoms with E-state index in [0.717, 1.165) is 0 Å². The summed E-state index contributed by atoms with van der Waals surface area (Å²) in [5, 5.41) is 2.15. The summed E-state index contributed by atoms with van der Waals surface area (Å²) in [6.45, 7) is 3.88. The van der Waals surface area contributed by atoms with E-state index >= 15 is 0 Å². The average molecular weight is 539 g/mol. The number of anilines is 2. The summed E-state index contributed by atoms with van der Waals surface area (Å²) in [7, 11) is -3.46. The van der Waals surface area contributed by atoms with Crippen LogP contribution in [0.25, 0.3) is 11.0 Å². The van der Waals surface area contributed by atoms with Gasteiger partial charge in [-0.15, -0.1) is 0 Å². The van der Waals surface area contributed by atoms with Crippen LogP contribution in [0.4, 0.5) is 11.5 Å². The Labute approximate surface area is 218 Å². The number of esters is 1. The highest BCUT2D eigenvalue weighted by Gasteiger charge is 2.44. The van der Waals surface area contributed by atoms with E-state index in [0.29, 0.717) is 22.5 Å². The fraction of sp³-hybridized carbons (Fsp3) is 0.320. The first kappa shape index (κ1) is 25.9. The Bertz CT molecular complexity index is 1460. The molecule has 0 amide bonds. The third-order valence-corrected chi connectivity index (χ3v) is 7.65. The van der Waals surface area contributed by atoms with Crippen LogP contribution in [0.1, 0.15) is 30.6 Å². The van der Waals surface area contributed by atoms with E-state index in [1.54, 1.807) is 61.3 Å². The molecule has 1 aromatic carbocycles. The topological polar surface area (TPSA) is 142 Å². The lowest BCUT2D eigenvalue weighted by Crippen LogP contribution is -2.45. The van der Waals surface area contributed by atoms with E-state index in [-0.39, 0.29) is 25.3 Å². The van der Waals surface area contributed by atoms with Gasteiger partial charge in [-0.1, -0.05) is 18.2 Å². The Kier molecular flexibility index (Phi) is 7.48. The minimum atomic E-state index is -3.46. The zero-order valence-corrected chi connectivity index (χ0v) is 21.6. The minimum absolute atomic E-state index is 0.212. The van der Waals surface area contributed by atoms with Gasteiger partial charge in [0.05, 0.1) is 36.0 Å². The van der Waals surface area contributed by atoms with Gasteiger partial charge < -0.3 is 18.5 Å². The zero-order chi connectivity index (χ0) is 26.7. The highest BCUT2D eigenvalue weighted by molar-refractivity contribution is 7.57. The lowest BCUT2D eigenvalue weighted by molar-refractivity contribution is -0.00459. The van der Waals surface area contributed by atoms with E-state index in [2.05, 4.69) is 20.4 Å². The number of nitrogens with zero attached hydrogens (tertiary/aromatic N) is 4. The third kappa shape index (κ3) is 5.30. The maximum atomic E-state index is 13.0. The fourth-order valence-electron chi connectivity index (χ4n) is 4.30. The molecular formula is C25H26N5O7P. The lowest BCUT2D eigenvalue weighted by Gasteiger charge is -2.29. The highest BCUT2D eigenvalue weighted by atomic mass is 31.2. The van der Waals surface area contributed by atoms with E-state index in [1.807, 2.05) is 0 Å². The molecule has 198 valence electrons. The van der Waals surface area contributed by atoms with Crippen LogP contribution in [-0.2, 0) is 23.1 Å². The van der Waals surface area contributed by atoms with Crippen molar-refractivity contribution in [1.29, 1.82) is 0 Å². The second-order valence-electron chi connectivity index (χ2n) is 8.40. The van der Waals surface area contributed by atoms with Crippen LogP contribution in [0.3, 0.4) is 0 Å². The quantitative estimate of drug-likeness (QED) is 0.313. The Morgan fingerprint density at radius 3 is 2.66 bits per heavy atom. The number of benzene rings is 1. The molecule has 3 aromatic rings. The van der Waals surface area contributed by atoms with Crippen molar-refractivity contribution in [3.05, 3.63) is 76.6 Å². The molecule has 0 bridgehead atoms. The van der Waals surface area contributed by atoms with Crippen molar-refractivity contribution in [2.75, 3.05) is 23.6 Å². The third-order valence-electron chi connectivity index (χ3n) is 5.87. The monoisotopic (exact) mass is 539 g/mol. The number of carbonyl (C=O) groups is 1. The molecule has 0 aliphatic carbocycles. The van der Waals surface area contributed by atoms with Crippen molar-refractivity contribution in [2.24, 2.45) is 0 Å². The number of ether oxygens (including phenoxy) is 2. The van der Waals surface area contributed by atoms with Crippen LogP contribution in [0.15, 0.2) is 65.5 Å². The van der Waals surface area contributed by atoms with Gasteiger partial charge in [-0.2, -0.15) is 4.98 Å². The first-order chi connectivity index (χ1) is 18.4. The van der Waals surface area contributed by atoms with Gasteiger partial charge in [-0.3, -0.25) is 14.8 Å². The van der Waals surface area contributed by atoms with E-state index < -0.39 is 37.6 Å². The van der Waals surface area contributed by atoms with Gasteiger partial charge in [-0.25, -0.2) is 19.8 Å². The number of hydrogen-bond donors (Lipinski definition) is 1. The van der Waals surface area contributed by atoms with E-state index in [1.165, 1.54) is 18.2 Å². The largest absolute Gasteiger partial charge is 0.454 e. The summed E-state index contributed by atoms with van der Waals surface area (Å²) in [5.41, 5.74) is 3.91. The Morgan fingerprint density at radius 1 is 1.16 bits per heavy atom. The average Bonchev–Trinajstić information content (AvgIpc) is 3.43. The van der Waals surface area contributed by atoms with Crippen LogP contribution in [0.5, 0.6) is 0 Å². The first-order valence-electron chi connectivity index (χ1n) is 12.1. The second kappa shape index (κ2) is 11.0. The summed E-state index contributed by atoms with van der Waals surface area (Å²) >= 11 is 0. The van der Waals surface area contributed by atoms with Gasteiger partial charge in [-0.05, 0) is 38.1 Å². The molecule has 12 nitrogen and oxygen atoms in total. The molecule has 5 rings (SSSR count). The molecule has 2 aromatic heterocycles. The summed E-state index contributed by atoms with van der Waals surface area (Å²) in [4.78, 5) is 37.4. The summed E-state index contributed by atoms with van der Waals surface area (Å²) < 4.78 is 35.8. The standard InChI is InChI=1S/C25H26N5O7P/c1-3-34-38(33,35-4-2)13-12-17-14-19(37-25(32)16-8-6-5-7-9-16)24(36-17)30-23-21-18(29-30)10-11-20(31)28-22(21)26-15-27-23/h5-13,15,17,19,24,29H,3-4,14H2,1-2H3/b13-12+/t17-,19?,24-/m1/s1. The molecule has 4 heterocycles. The number of aromatic nitrogens is 3. The number of hydrazine groups is 1. The fourth-order valence-corrected chi connectivity index (χ4v) is 5.67. The van der Waals surface area contributed by atoms with Crippen LogP contribution < -0.4 is 16.0 Å². The Hall–Kier alpha value is -3.70. The van der Waals surface area contributed by atoms with Gasteiger partial charge in [0.15, 0.2) is 23.8 Å². The molecule has 38 heavy (non-hydrogen) atoms. The number of nitrogens with one attached hydrogen (secondary N) is 1. The molecule has 3 atom stereocenters. The first-order valence-corrected chi connectivity index (χ1v) is 13.7. The summed E-state index contributed by atoms with van der Waals surface area (Å²) in [6, 6.07) is 11.5. The highest BCUT2D eigenvalue weighted by Crippen LogP contribution is 2.50. The summed E-state index contributed by atoms with van der Waals surface area (Å²) in [5.74, 6) is 1.27. The van der Waals surface area contributed by atoms with Crippen LogP contribution in [-0.4, -0.2) is 52.6 Å². The molecule has 1 fully saturated rings. The van der Waals surface area contributed by atoms with Gasteiger partial charge >= 0.3 is 13.6 Å².